The molecule has 3 atom stereocenters. The second-order valence-electron chi connectivity index (χ2n) is 7.91. The lowest BCUT2D eigenvalue weighted by Crippen LogP contribution is -2.29. The number of allylic oxidation sites excluding steroid dienone is 2. The Labute approximate surface area is 180 Å². The van der Waals surface area contributed by atoms with E-state index in [1.54, 1.807) is 12.1 Å². The van der Waals surface area contributed by atoms with Crippen LogP contribution in [-0.4, -0.2) is 5.97 Å². The first-order chi connectivity index (χ1) is 14.7. The van der Waals surface area contributed by atoms with Crippen molar-refractivity contribution in [1.29, 1.82) is 0 Å². The summed E-state index contributed by atoms with van der Waals surface area (Å²) in [4.78, 5) is 12.4. The molecule has 1 N–H and O–H groups in total. The van der Waals surface area contributed by atoms with Crippen LogP contribution < -0.4 is 10.4 Å². The maximum Gasteiger partial charge on any atom is 0.0715 e. The zero-order valence-corrected chi connectivity index (χ0v) is 17.3. The van der Waals surface area contributed by atoms with E-state index in [2.05, 4.69) is 59.9 Å². The van der Waals surface area contributed by atoms with Gasteiger partial charge in [-0.1, -0.05) is 66.7 Å². The lowest BCUT2D eigenvalue weighted by Gasteiger charge is -2.38. The van der Waals surface area contributed by atoms with Gasteiger partial charge in [-0.3, -0.25) is 0 Å². The Morgan fingerprint density at radius 3 is 2.60 bits per heavy atom. The van der Waals surface area contributed by atoms with E-state index < -0.39 is 5.97 Å². The number of fused-ring (bicyclic) bond motifs is 3. The van der Waals surface area contributed by atoms with Gasteiger partial charge in [0.05, 0.1) is 12.0 Å². The van der Waals surface area contributed by atoms with Crippen LogP contribution in [0.1, 0.15) is 45.4 Å². The molecule has 0 amide bonds. The molecule has 0 radical (unpaired) electrons. The van der Waals surface area contributed by atoms with E-state index in [1.807, 2.05) is 30.0 Å². The van der Waals surface area contributed by atoms with Gasteiger partial charge in [0.1, 0.15) is 0 Å². The standard InChI is InChI=1S/C26H23NO2S/c28-26(29)19-12-10-18(11-13-19)25-22-8-4-7-21(22)23-15-17(9-14-24(23)27-25)16-30-20-5-2-1-3-6-20/h1-7,9-15,21-22,25,27H,8,16H2,(H,28,29)/p-1/t21-,22+,25+/m1/s1. The van der Waals surface area contributed by atoms with Crippen molar-refractivity contribution >= 4 is 23.4 Å². The molecule has 2 aliphatic rings. The Bertz CT molecular complexity index is 1090. The first-order valence-electron chi connectivity index (χ1n) is 10.2. The molecule has 3 aromatic carbocycles. The van der Waals surface area contributed by atoms with Crippen molar-refractivity contribution in [3.05, 3.63) is 107 Å². The average Bonchev–Trinajstić information content (AvgIpc) is 3.28. The predicted octanol–water partition coefficient (Wildman–Crippen LogP) is 5.17. The van der Waals surface area contributed by atoms with Gasteiger partial charge in [0.2, 0.25) is 0 Å². The molecule has 30 heavy (non-hydrogen) atoms. The molecule has 5 rings (SSSR count). The summed E-state index contributed by atoms with van der Waals surface area (Å²) in [5.41, 5.74) is 5.21. The van der Waals surface area contributed by atoms with Crippen LogP contribution in [0.5, 0.6) is 0 Å². The predicted molar refractivity (Wildman–Crippen MR) is 120 cm³/mol. The zero-order valence-electron chi connectivity index (χ0n) is 16.5. The molecule has 0 unspecified atom stereocenters. The molecule has 1 heterocycles. The van der Waals surface area contributed by atoms with E-state index in [0.29, 0.717) is 11.8 Å². The third-order valence-electron chi connectivity index (χ3n) is 6.08. The maximum atomic E-state index is 11.1. The summed E-state index contributed by atoms with van der Waals surface area (Å²) in [6.07, 6.45) is 5.63. The third kappa shape index (κ3) is 3.63. The Morgan fingerprint density at radius 1 is 1.03 bits per heavy atom. The van der Waals surface area contributed by atoms with Crippen molar-refractivity contribution in [2.75, 3.05) is 5.32 Å². The van der Waals surface area contributed by atoms with Crippen molar-refractivity contribution in [2.45, 2.75) is 29.0 Å². The minimum absolute atomic E-state index is 0.165. The summed E-state index contributed by atoms with van der Waals surface area (Å²) in [5.74, 6) is 0.633. The average molecular weight is 413 g/mol. The quantitative estimate of drug-likeness (QED) is 0.464. The zero-order chi connectivity index (χ0) is 20.5. The van der Waals surface area contributed by atoms with Gasteiger partial charge in [0.15, 0.2) is 0 Å². The topological polar surface area (TPSA) is 52.2 Å². The molecule has 4 heteroatoms. The smallest absolute Gasteiger partial charge is 0.0715 e. The Balaban J connectivity index is 1.40. The number of carboxylic acids is 1. The molecular weight excluding hydrogens is 390 g/mol. The van der Waals surface area contributed by atoms with Crippen LogP contribution in [0.2, 0.25) is 0 Å². The number of benzene rings is 3. The highest BCUT2D eigenvalue weighted by molar-refractivity contribution is 7.98. The number of thioether (sulfide) groups is 1. The van der Waals surface area contributed by atoms with Crippen LogP contribution in [0.3, 0.4) is 0 Å². The van der Waals surface area contributed by atoms with E-state index in [0.717, 1.165) is 17.7 Å². The highest BCUT2D eigenvalue weighted by atomic mass is 32.2. The molecule has 1 aliphatic heterocycles. The van der Waals surface area contributed by atoms with Crippen LogP contribution in [0, 0.1) is 5.92 Å². The molecule has 0 fully saturated rings. The Hall–Kier alpha value is -2.98. The molecule has 3 nitrogen and oxygen atoms in total. The summed E-state index contributed by atoms with van der Waals surface area (Å²) >= 11 is 1.86. The van der Waals surface area contributed by atoms with Gasteiger partial charge in [-0.2, -0.15) is 0 Å². The minimum atomic E-state index is -1.13. The molecule has 0 saturated heterocycles. The molecule has 150 valence electrons. The van der Waals surface area contributed by atoms with Gasteiger partial charge >= 0.3 is 0 Å². The molecule has 0 aromatic heterocycles. The van der Waals surface area contributed by atoms with Crippen molar-refractivity contribution < 1.29 is 9.90 Å². The molecule has 0 spiro atoms. The number of anilines is 1. The molecule has 0 saturated carbocycles. The van der Waals surface area contributed by atoms with Gasteiger partial charge in [-0.25, -0.2) is 0 Å². The number of carbonyl (C=O) groups excluding carboxylic acids is 1. The monoisotopic (exact) mass is 412 g/mol. The van der Waals surface area contributed by atoms with Crippen LogP contribution in [0.4, 0.5) is 5.69 Å². The first kappa shape index (κ1) is 19.0. The number of aromatic carboxylic acids is 1. The second kappa shape index (κ2) is 8.04. The van der Waals surface area contributed by atoms with Crippen LogP contribution >= 0.6 is 11.8 Å². The fourth-order valence-corrected chi connectivity index (χ4v) is 5.44. The number of rotatable bonds is 5. The Kier molecular flexibility index (Phi) is 5.09. The largest absolute Gasteiger partial charge is 0.545 e. The third-order valence-corrected chi connectivity index (χ3v) is 7.16. The molecular formula is C26H22NO2S-. The van der Waals surface area contributed by atoms with E-state index in [-0.39, 0.29) is 11.6 Å². The van der Waals surface area contributed by atoms with E-state index in [1.165, 1.54) is 21.7 Å². The van der Waals surface area contributed by atoms with Gasteiger partial charge in [-0.05, 0) is 52.8 Å². The summed E-state index contributed by atoms with van der Waals surface area (Å²) in [5, 5.41) is 14.8. The highest BCUT2D eigenvalue weighted by Gasteiger charge is 2.37. The fraction of sp³-hybridized carbons (Fsp3) is 0.192. The maximum absolute atomic E-state index is 11.1. The molecule has 3 aromatic rings. The number of carbonyl (C=O) groups is 1. The van der Waals surface area contributed by atoms with Gasteiger partial charge in [0, 0.05) is 22.3 Å². The number of hydrogen-bond acceptors (Lipinski definition) is 4. The van der Waals surface area contributed by atoms with Gasteiger partial charge in [-0.15, -0.1) is 11.8 Å². The lowest BCUT2D eigenvalue weighted by molar-refractivity contribution is -0.255. The Morgan fingerprint density at radius 2 is 1.83 bits per heavy atom. The number of nitrogens with one attached hydrogen (secondary N) is 1. The van der Waals surface area contributed by atoms with Crippen molar-refractivity contribution in [3.63, 3.8) is 0 Å². The molecule has 1 aliphatic carbocycles. The summed E-state index contributed by atoms with van der Waals surface area (Å²) < 4.78 is 0. The summed E-state index contributed by atoms with van der Waals surface area (Å²) in [6.45, 7) is 0. The van der Waals surface area contributed by atoms with Crippen LogP contribution in [-0.2, 0) is 5.75 Å². The summed E-state index contributed by atoms with van der Waals surface area (Å²) in [7, 11) is 0. The van der Waals surface area contributed by atoms with E-state index >= 15 is 0 Å². The first-order valence-corrected chi connectivity index (χ1v) is 11.2. The second-order valence-corrected chi connectivity index (χ2v) is 8.96. The molecule has 0 bridgehead atoms. The van der Waals surface area contributed by atoms with Crippen LogP contribution in [0.15, 0.2) is 89.8 Å². The van der Waals surface area contributed by atoms with Crippen molar-refractivity contribution in [2.24, 2.45) is 5.92 Å². The van der Waals surface area contributed by atoms with Crippen molar-refractivity contribution in [1.82, 2.24) is 0 Å². The number of hydrogen-bond donors (Lipinski definition) is 1. The normalized spacial score (nSPS) is 21.5. The SMILES string of the molecule is O=C([O-])c1ccc([C@@H]2Nc3ccc(CSc4ccccc4)cc3[C@@H]3C=CC[C@@H]32)cc1. The van der Waals surface area contributed by atoms with Crippen LogP contribution in [0.25, 0.3) is 0 Å². The minimum Gasteiger partial charge on any atom is -0.545 e. The van der Waals surface area contributed by atoms with Gasteiger partial charge in [0.25, 0.3) is 0 Å². The fourth-order valence-electron chi connectivity index (χ4n) is 4.57. The van der Waals surface area contributed by atoms with Crippen molar-refractivity contribution in [3.8, 4) is 0 Å². The number of carboxylic acid groups (broad SMARTS) is 1. The van der Waals surface area contributed by atoms with E-state index in [4.69, 9.17) is 0 Å². The summed E-state index contributed by atoms with van der Waals surface area (Å²) in [6, 6.07) is 24.5. The lowest BCUT2D eigenvalue weighted by atomic mass is 9.76. The van der Waals surface area contributed by atoms with E-state index in [9.17, 15) is 9.90 Å². The van der Waals surface area contributed by atoms with Gasteiger partial charge < -0.3 is 15.2 Å². The highest BCUT2D eigenvalue weighted by Crippen LogP contribution is 2.50.